The fourth-order valence-corrected chi connectivity index (χ4v) is 4.20. The van der Waals surface area contributed by atoms with Gasteiger partial charge < -0.3 is 4.98 Å². The summed E-state index contributed by atoms with van der Waals surface area (Å²) in [5.74, 6) is 0.128. The first-order chi connectivity index (χ1) is 13.7. The Hall–Kier alpha value is -2.87. The van der Waals surface area contributed by atoms with Crippen molar-refractivity contribution in [3.05, 3.63) is 83.0 Å². The second kappa shape index (κ2) is 8.02. The maximum absolute atomic E-state index is 13.8. The molecule has 1 N–H and O–H groups in total. The molecule has 0 aliphatic carbocycles. The Kier molecular flexibility index (Phi) is 5.29. The minimum absolute atomic E-state index is 0.128. The van der Waals surface area contributed by atoms with Crippen LogP contribution in [-0.4, -0.2) is 10.8 Å². The molecule has 0 unspecified atom stereocenters. The van der Waals surface area contributed by atoms with Gasteiger partial charge in [-0.15, -0.1) is 0 Å². The van der Waals surface area contributed by atoms with Crippen LogP contribution >= 0.6 is 0 Å². The second-order valence-electron chi connectivity index (χ2n) is 7.48. The monoisotopic (exact) mass is 369 g/mol. The van der Waals surface area contributed by atoms with E-state index in [-0.39, 0.29) is 5.78 Å². The Bertz CT molecular complexity index is 1140. The molecule has 4 aromatic rings. The Morgan fingerprint density at radius 1 is 0.821 bits per heavy atom. The number of fused-ring (bicyclic) bond motifs is 2. The lowest BCUT2D eigenvalue weighted by atomic mass is 9.92. The van der Waals surface area contributed by atoms with Crippen LogP contribution in [0.4, 0.5) is 0 Å². The van der Waals surface area contributed by atoms with Gasteiger partial charge in [-0.3, -0.25) is 4.79 Å². The number of nitrogens with one attached hydrogen (secondary N) is 1. The quantitative estimate of drug-likeness (QED) is 0.280. The number of benzene rings is 3. The van der Waals surface area contributed by atoms with Crippen molar-refractivity contribution in [2.24, 2.45) is 0 Å². The van der Waals surface area contributed by atoms with Gasteiger partial charge in [0.2, 0.25) is 0 Å². The Labute approximate surface area is 166 Å². The maximum Gasteiger partial charge on any atom is 0.196 e. The van der Waals surface area contributed by atoms with Crippen LogP contribution in [-0.2, 0) is 12.8 Å². The Morgan fingerprint density at radius 3 is 2.29 bits per heavy atom. The van der Waals surface area contributed by atoms with Gasteiger partial charge in [-0.05, 0) is 41.7 Å². The van der Waals surface area contributed by atoms with Gasteiger partial charge in [-0.2, -0.15) is 0 Å². The fourth-order valence-electron chi connectivity index (χ4n) is 4.20. The van der Waals surface area contributed by atoms with Crippen molar-refractivity contribution in [2.75, 3.05) is 0 Å². The van der Waals surface area contributed by atoms with E-state index in [1.54, 1.807) is 0 Å². The zero-order valence-electron chi connectivity index (χ0n) is 16.7. The standard InChI is InChI=1S/C26H27NO/c1-3-5-6-15-24-25(22-13-9-10-14-23(22)27-24)26(28)21-17-16-18(4-2)19-11-7-8-12-20(19)21/h7-14,16-17,27H,3-6,15H2,1-2H3. The number of carbonyl (C=O) groups excluding carboxylic acids is 1. The summed E-state index contributed by atoms with van der Waals surface area (Å²) in [6.07, 6.45) is 5.32. The number of para-hydroxylation sites is 1. The lowest BCUT2D eigenvalue weighted by Crippen LogP contribution is -2.06. The zero-order valence-corrected chi connectivity index (χ0v) is 16.7. The molecule has 3 aromatic carbocycles. The first-order valence-electron chi connectivity index (χ1n) is 10.4. The largest absolute Gasteiger partial charge is 0.358 e. The van der Waals surface area contributed by atoms with Crippen LogP contribution < -0.4 is 0 Å². The minimum Gasteiger partial charge on any atom is -0.358 e. The maximum atomic E-state index is 13.8. The molecule has 0 atom stereocenters. The molecule has 0 fully saturated rings. The van der Waals surface area contributed by atoms with E-state index in [0.29, 0.717) is 0 Å². The van der Waals surface area contributed by atoms with E-state index in [0.717, 1.165) is 52.4 Å². The molecule has 0 saturated heterocycles. The first kappa shape index (κ1) is 18.5. The molecule has 0 saturated carbocycles. The predicted octanol–water partition coefficient (Wildman–Crippen LogP) is 6.85. The van der Waals surface area contributed by atoms with Gasteiger partial charge in [0.25, 0.3) is 0 Å². The number of H-pyrrole nitrogens is 1. The van der Waals surface area contributed by atoms with Crippen LogP contribution in [0.2, 0.25) is 0 Å². The summed E-state index contributed by atoms with van der Waals surface area (Å²) in [4.78, 5) is 17.3. The number of hydrogen-bond acceptors (Lipinski definition) is 1. The Morgan fingerprint density at radius 2 is 1.54 bits per heavy atom. The summed E-state index contributed by atoms with van der Waals surface area (Å²) in [5.41, 5.74) is 5.06. The highest BCUT2D eigenvalue weighted by atomic mass is 16.1. The van der Waals surface area contributed by atoms with Gasteiger partial charge in [0.1, 0.15) is 0 Å². The van der Waals surface area contributed by atoms with E-state index in [1.165, 1.54) is 23.8 Å². The number of unbranched alkanes of at least 4 members (excludes halogenated alkanes) is 2. The number of aryl methyl sites for hydroxylation is 2. The van der Waals surface area contributed by atoms with E-state index < -0.39 is 0 Å². The topological polar surface area (TPSA) is 32.9 Å². The minimum atomic E-state index is 0.128. The highest BCUT2D eigenvalue weighted by molar-refractivity contribution is 6.22. The lowest BCUT2D eigenvalue weighted by molar-refractivity contribution is 0.104. The number of aromatic amines is 1. The number of ketones is 1. The average Bonchev–Trinajstić information content (AvgIpc) is 3.11. The van der Waals surface area contributed by atoms with Crippen molar-refractivity contribution >= 4 is 27.5 Å². The highest BCUT2D eigenvalue weighted by Crippen LogP contribution is 2.30. The molecule has 0 radical (unpaired) electrons. The third kappa shape index (κ3) is 3.24. The van der Waals surface area contributed by atoms with Crippen LogP contribution in [0.25, 0.3) is 21.7 Å². The van der Waals surface area contributed by atoms with Crippen molar-refractivity contribution in [3.8, 4) is 0 Å². The van der Waals surface area contributed by atoms with E-state index in [1.807, 2.05) is 24.3 Å². The molecule has 1 heterocycles. The summed E-state index contributed by atoms with van der Waals surface area (Å²) in [7, 11) is 0. The van der Waals surface area contributed by atoms with E-state index in [9.17, 15) is 4.79 Å². The molecular formula is C26H27NO. The van der Waals surface area contributed by atoms with Crippen LogP contribution in [0.1, 0.15) is 60.3 Å². The molecule has 28 heavy (non-hydrogen) atoms. The van der Waals surface area contributed by atoms with Gasteiger partial charge in [0, 0.05) is 22.2 Å². The van der Waals surface area contributed by atoms with Gasteiger partial charge in [0.15, 0.2) is 5.78 Å². The molecule has 2 nitrogen and oxygen atoms in total. The molecule has 0 aliphatic heterocycles. The molecule has 0 spiro atoms. The summed E-state index contributed by atoms with van der Waals surface area (Å²) in [6.45, 7) is 4.37. The van der Waals surface area contributed by atoms with E-state index >= 15 is 0 Å². The van der Waals surface area contributed by atoms with E-state index in [2.05, 4.69) is 55.2 Å². The molecule has 0 bridgehead atoms. The summed E-state index contributed by atoms with van der Waals surface area (Å²) in [6, 6.07) is 20.6. The number of aromatic nitrogens is 1. The number of carbonyl (C=O) groups is 1. The normalized spacial score (nSPS) is 11.4. The molecule has 2 heteroatoms. The zero-order chi connectivity index (χ0) is 19.5. The summed E-state index contributed by atoms with van der Waals surface area (Å²) in [5, 5.41) is 3.27. The summed E-state index contributed by atoms with van der Waals surface area (Å²) >= 11 is 0. The van der Waals surface area contributed by atoms with Gasteiger partial charge in [0.05, 0.1) is 5.56 Å². The number of hydrogen-bond donors (Lipinski definition) is 1. The molecular weight excluding hydrogens is 342 g/mol. The lowest BCUT2D eigenvalue weighted by Gasteiger charge is -2.11. The third-order valence-corrected chi connectivity index (χ3v) is 5.68. The Balaban J connectivity index is 1.87. The van der Waals surface area contributed by atoms with Crippen molar-refractivity contribution in [1.82, 2.24) is 4.98 Å². The molecule has 0 aliphatic rings. The molecule has 0 amide bonds. The number of rotatable bonds is 7. The van der Waals surface area contributed by atoms with Crippen molar-refractivity contribution < 1.29 is 4.79 Å². The molecule has 142 valence electrons. The fraction of sp³-hybridized carbons (Fsp3) is 0.269. The van der Waals surface area contributed by atoms with Crippen molar-refractivity contribution in [1.29, 1.82) is 0 Å². The van der Waals surface area contributed by atoms with Crippen LogP contribution in [0, 0.1) is 0 Å². The van der Waals surface area contributed by atoms with Crippen LogP contribution in [0.5, 0.6) is 0 Å². The smallest absolute Gasteiger partial charge is 0.196 e. The van der Waals surface area contributed by atoms with E-state index in [4.69, 9.17) is 0 Å². The molecule has 4 rings (SSSR count). The van der Waals surface area contributed by atoms with Crippen molar-refractivity contribution in [2.45, 2.75) is 46.0 Å². The SMILES string of the molecule is CCCCCc1[nH]c2ccccc2c1C(=O)c1ccc(CC)c2ccccc12. The second-order valence-corrected chi connectivity index (χ2v) is 7.48. The predicted molar refractivity (Wildman–Crippen MR) is 118 cm³/mol. The molecule has 1 aromatic heterocycles. The van der Waals surface area contributed by atoms with Gasteiger partial charge >= 0.3 is 0 Å². The highest BCUT2D eigenvalue weighted by Gasteiger charge is 2.21. The summed E-state index contributed by atoms with van der Waals surface area (Å²) < 4.78 is 0. The third-order valence-electron chi connectivity index (χ3n) is 5.68. The first-order valence-corrected chi connectivity index (χ1v) is 10.4. The van der Waals surface area contributed by atoms with Crippen LogP contribution in [0.15, 0.2) is 60.7 Å². The average molecular weight is 370 g/mol. The van der Waals surface area contributed by atoms with Gasteiger partial charge in [-0.1, -0.05) is 81.3 Å². The van der Waals surface area contributed by atoms with Crippen LogP contribution in [0.3, 0.4) is 0 Å². The van der Waals surface area contributed by atoms with Gasteiger partial charge in [-0.25, -0.2) is 0 Å². The van der Waals surface area contributed by atoms with Crippen molar-refractivity contribution in [3.63, 3.8) is 0 Å².